The molecule has 0 aliphatic heterocycles. The Bertz CT molecular complexity index is 453. The van der Waals surface area contributed by atoms with Gasteiger partial charge in [-0.3, -0.25) is 9.52 Å². The van der Waals surface area contributed by atoms with Gasteiger partial charge in [-0.1, -0.05) is 6.08 Å². The third kappa shape index (κ3) is 1.56. The molecule has 2 fully saturated rings. The van der Waals surface area contributed by atoms with E-state index in [1.807, 2.05) is 0 Å². The third-order valence-corrected chi connectivity index (χ3v) is 5.76. The minimum Gasteiger partial charge on any atom is -0.317 e. The van der Waals surface area contributed by atoms with Crippen LogP contribution in [-0.4, -0.2) is 24.6 Å². The predicted molar refractivity (Wildman–Crippen MR) is 59.9 cm³/mol. The van der Waals surface area contributed by atoms with Crippen molar-refractivity contribution in [2.45, 2.75) is 36.5 Å². The summed E-state index contributed by atoms with van der Waals surface area (Å²) in [5.74, 6) is -0.722. The van der Waals surface area contributed by atoms with E-state index in [2.05, 4.69) is 11.3 Å². The highest BCUT2D eigenvalue weighted by molar-refractivity contribution is 7.91. The summed E-state index contributed by atoms with van der Waals surface area (Å²) in [5, 5.41) is 0. The largest absolute Gasteiger partial charge is 0.317 e. The molecule has 0 saturated heterocycles. The molecule has 5 nitrogen and oxygen atoms in total. The molecular formula is C10H16N2O3S. The summed E-state index contributed by atoms with van der Waals surface area (Å²) < 4.78 is 24.9. The van der Waals surface area contributed by atoms with E-state index in [4.69, 9.17) is 5.73 Å². The van der Waals surface area contributed by atoms with Crippen molar-refractivity contribution < 1.29 is 13.2 Å². The molecule has 0 bridgehead atoms. The molecule has 16 heavy (non-hydrogen) atoms. The molecule has 0 radical (unpaired) electrons. The van der Waals surface area contributed by atoms with Gasteiger partial charge < -0.3 is 5.73 Å². The maximum Gasteiger partial charge on any atom is 0.254 e. The standard InChI is InChI=1S/C10H16N2O3S/c1-3-7-6-10(7,11)8(13)12-16(14,15)9(2)4-5-9/h3,7H,1,4-6,11H2,2H3,(H,12,13)/t7?,10-/m1/s1. The zero-order valence-corrected chi connectivity index (χ0v) is 10.0. The summed E-state index contributed by atoms with van der Waals surface area (Å²) >= 11 is 0. The number of amides is 1. The van der Waals surface area contributed by atoms with Crippen LogP contribution in [0.2, 0.25) is 0 Å². The number of rotatable bonds is 4. The van der Waals surface area contributed by atoms with Crippen LogP contribution in [0.25, 0.3) is 0 Å². The number of carbonyl (C=O) groups excluding carboxylic acids is 1. The van der Waals surface area contributed by atoms with Gasteiger partial charge in [-0.25, -0.2) is 8.42 Å². The normalized spacial score (nSPS) is 35.2. The first-order chi connectivity index (χ1) is 7.25. The Morgan fingerprint density at radius 2 is 2.12 bits per heavy atom. The van der Waals surface area contributed by atoms with E-state index in [9.17, 15) is 13.2 Å². The molecule has 2 aliphatic carbocycles. The molecule has 3 N–H and O–H groups in total. The van der Waals surface area contributed by atoms with Gasteiger partial charge in [0.05, 0.1) is 4.75 Å². The predicted octanol–water partition coefficient (Wildman–Crippen LogP) is -0.112. The lowest BCUT2D eigenvalue weighted by Gasteiger charge is -2.15. The van der Waals surface area contributed by atoms with Gasteiger partial charge in [0.2, 0.25) is 10.0 Å². The van der Waals surface area contributed by atoms with Gasteiger partial charge in [-0.2, -0.15) is 0 Å². The molecule has 2 saturated carbocycles. The van der Waals surface area contributed by atoms with Gasteiger partial charge in [-0.15, -0.1) is 6.58 Å². The van der Waals surface area contributed by atoms with Crippen molar-refractivity contribution in [1.29, 1.82) is 0 Å². The molecule has 1 unspecified atom stereocenters. The van der Waals surface area contributed by atoms with Crippen LogP contribution in [0.15, 0.2) is 12.7 Å². The molecule has 0 aromatic carbocycles. The van der Waals surface area contributed by atoms with Crippen molar-refractivity contribution in [2.24, 2.45) is 11.7 Å². The lowest BCUT2D eigenvalue weighted by molar-refractivity contribution is -0.121. The fourth-order valence-electron chi connectivity index (χ4n) is 1.64. The molecule has 6 heteroatoms. The van der Waals surface area contributed by atoms with Gasteiger partial charge >= 0.3 is 0 Å². The molecular weight excluding hydrogens is 228 g/mol. The quantitative estimate of drug-likeness (QED) is 0.675. The molecule has 2 rings (SSSR count). The topological polar surface area (TPSA) is 89.3 Å². The Kier molecular flexibility index (Phi) is 2.23. The van der Waals surface area contributed by atoms with Gasteiger partial charge in [-0.05, 0) is 26.2 Å². The average molecular weight is 244 g/mol. The van der Waals surface area contributed by atoms with Gasteiger partial charge in [0.25, 0.3) is 5.91 Å². The van der Waals surface area contributed by atoms with Gasteiger partial charge in [0.1, 0.15) is 5.54 Å². The molecule has 0 aromatic heterocycles. The number of hydrogen-bond acceptors (Lipinski definition) is 4. The van der Waals surface area contributed by atoms with Crippen molar-refractivity contribution in [2.75, 3.05) is 0 Å². The van der Waals surface area contributed by atoms with Crippen LogP contribution in [0.1, 0.15) is 26.2 Å². The molecule has 1 amide bonds. The molecule has 0 heterocycles. The van der Waals surface area contributed by atoms with Gasteiger partial charge in [0, 0.05) is 5.92 Å². The highest BCUT2D eigenvalue weighted by Gasteiger charge is 2.58. The lowest BCUT2D eigenvalue weighted by atomic mass is 10.2. The Labute approximate surface area is 95.1 Å². The van der Waals surface area contributed by atoms with Crippen molar-refractivity contribution in [3.05, 3.63) is 12.7 Å². The van der Waals surface area contributed by atoms with Crippen LogP contribution in [0.3, 0.4) is 0 Å². The first kappa shape index (κ1) is 11.6. The van der Waals surface area contributed by atoms with Crippen molar-refractivity contribution in [1.82, 2.24) is 4.72 Å². The summed E-state index contributed by atoms with van der Waals surface area (Å²) in [4.78, 5) is 11.7. The zero-order valence-electron chi connectivity index (χ0n) is 9.19. The van der Waals surface area contributed by atoms with E-state index in [0.717, 1.165) is 0 Å². The van der Waals surface area contributed by atoms with E-state index in [-0.39, 0.29) is 5.92 Å². The number of nitrogens with two attached hydrogens (primary N) is 1. The fraction of sp³-hybridized carbons (Fsp3) is 0.700. The summed E-state index contributed by atoms with van der Waals surface area (Å²) in [7, 11) is -3.57. The van der Waals surface area contributed by atoms with Crippen LogP contribution >= 0.6 is 0 Å². The van der Waals surface area contributed by atoms with E-state index in [0.29, 0.717) is 19.3 Å². The smallest absolute Gasteiger partial charge is 0.254 e. The van der Waals surface area contributed by atoms with Crippen molar-refractivity contribution in [3.63, 3.8) is 0 Å². The summed E-state index contributed by atoms with van der Waals surface area (Å²) in [6, 6.07) is 0. The van der Waals surface area contributed by atoms with Crippen LogP contribution in [0.5, 0.6) is 0 Å². The minimum absolute atomic E-state index is 0.116. The molecule has 0 aromatic rings. The second-order valence-electron chi connectivity index (χ2n) is 4.97. The first-order valence-electron chi connectivity index (χ1n) is 5.23. The second kappa shape index (κ2) is 3.07. The summed E-state index contributed by atoms with van der Waals surface area (Å²) in [6.45, 7) is 5.18. The Balaban J connectivity index is 2.07. The third-order valence-electron chi connectivity index (χ3n) is 3.60. The number of carbonyl (C=O) groups is 1. The number of hydrogen-bond donors (Lipinski definition) is 2. The van der Waals surface area contributed by atoms with Gasteiger partial charge in [0.15, 0.2) is 0 Å². The van der Waals surface area contributed by atoms with E-state index >= 15 is 0 Å². The zero-order chi connectivity index (χ0) is 12.2. The van der Waals surface area contributed by atoms with Crippen LogP contribution in [-0.2, 0) is 14.8 Å². The molecule has 90 valence electrons. The second-order valence-corrected chi connectivity index (χ2v) is 7.17. The summed E-state index contributed by atoms with van der Waals surface area (Å²) in [5.41, 5.74) is 4.70. The maximum absolute atomic E-state index is 11.8. The number of sulfonamides is 1. The van der Waals surface area contributed by atoms with E-state index < -0.39 is 26.2 Å². The van der Waals surface area contributed by atoms with Crippen LogP contribution < -0.4 is 10.5 Å². The van der Waals surface area contributed by atoms with Crippen molar-refractivity contribution >= 4 is 15.9 Å². The molecule has 2 atom stereocenters. The highest BCUT2D eigenvalue weighted by Crippen LogP contribution is 2.45. The van der Waals surface area contributed by atoms with E-state index in [1.165, 1.54) is 0 Å². The monoisotopic (exact) mass is 244 g/mol. The summed E-state index contributed by atoms with van der Waals surface area (Å²) in [6.07, 6.45) is 3.25. The average Bonchev–Trinajstić information content (AvgIpc) is 3.04. The van der Waals surface area contributed by atoms with Crippen LogP contribution in [0.4, 0.5) is 0 Å². The van der Waals surface area contributed by atoms with Crippen LogP contribution in [0, 0.1) is 5.92 Å². The molecule has 0 spiro atoms. The fourth-order valence-corrected chi connectivity index (χ4v) is 2.96. The highest BCUT2D eigenvalue weighted by atomic mass is 32.2. The number of nitrogens with one attached hydrogen (secondary N) is 1. The molecule has 2 aliphatic rings. The Hall–Kier alpha value is -0.880. The first-order valence-corrected chi connectivity index (χ1v) is 6.72. The van der Waals surface area contributed by atoms with E-state index in [1.54, 1.807) is 13.0 Å². The Morgan fingerprint density at radius 1 is 1.56 bits per heavy atom. The SMILES string of the molecule is C=CC1C[C@]1(N)C(=O)NS(=O)(=O)C1(C)CC1. The maximum atomic E-state index is 11.8. The lowest BCUT2D eigenvalue weighted by Crippen LogP contribution is -2.49. The Morgan fingerprint density at radius 3 is 2.50 bits per heavy atom. The van der Waals surface area contributed by atoms with Crippen molar-refractivity contribution in [3.8, 4) is 0 Å². The minimum atomic E-state index is -3.57.